The fourth-order valence-electron chi connectivity index (χ4n) is 5.30. The van der Waals surface area contributed by atoms with Crippen molar-refractivity contribution >= 4 is 32.8 Å². The summed E-state index contributed by atoms with van der Waals surface area (Å²) in [5.74, 6) is -0.519. The third-order valence-corrected chi connectivity index (χ3v) is 8.92. The Morgan fingerprint density at radius 1 is 0.854 bits per heavy atom. The number of sulfonamides is 1. The molecule has 0 saturated carbocycles. The third kappa shape index (κ3) is 12.5. The molecule has 0 aliphatic carbocycles. The number of fused-ring (bicyclic) bond motifs is 1. The monoisotopic (exact) mass is 674 g/mol. The SMILES string of the molecule is NS(=O)(=O)c1cccc(CCCOCCCCCCCNC[C@H](O)c2ccc(O)c(COC(=O)C=Cc3ccc4ccccc4c3)c2)c1. The maximum Gasteiger partial charge on any atom is 0.331 e. The molecule has 0 heterocycles. The van der Waals surface area contributed by atoms with E-state index in [4.69, 9.17) is 14.6 Å². The molecule has 4 aromatic carbocycles. The summed E-state index contributed by atoms with van der Waals surface area (Å²) in [6, 6.07) is 25.5. The number of phenols is 1. The van der Waals surface area contributed by atoms with Crippen LogP contribution in [0.5, 0.6) is 5.75 Å². The van der Waals surface area contributed by atoms with Gasteiger partial charge in [0, 0.05) is 31.4 Å². The minimum Gasteiger partial charge on any atom is -0.508 e. The molecule has 4 rings (SSSR count). The predicted octanol–water partition coefficient (Wildman–Crippen LogP) is 6.17. The number of primary sulfonamides is 1. The molecule has 0 saturated heterocycles. The van der Waals surface area contributed by atoms with Gasteiger partial charge in [-0.3, -0.25) is 0 Å². The van der Waals surface area contributed by atoms with Crippen molar-refractivity contribution in [3.8, 4) is 5.75 Å². The summed E-state index contributed by atoms with van der Waals surface area (Å²) in [7, 11) is -3.68. The van der Waals surface area contributed by atoms with Gasteiger partial charge in [0.1, 0.15) is 12.4 Å². The number of carbonyl (C=O) groups is 1. The summed E-state index contributed by atoms with van der Waals surface area (Å²) in [5, 5.41) is 31.6. The Morgan fingerprint density at radius 2 is 1.62 bits per heavy atom. The second kappa shape index (κ2) is 19.1. The van der Waals surface area contributed by atoms with E-state index in [0.29, 0.717) is 30.9 Å². The molecule has 0 spiro atoms. The Balaban J connectivity index is 1.04. The van der Waals surface area contributed by atoms with Crippen LogP contribution in [0.15, 0.2) is 95.9 Å². The summed E-state index contributed by atoms with van der Waals surface area (Å²) in [6.07, 6.45) is 9.10. The van der Waals surface area contributed by atoms with Crippen molar-refractivity contribution in [1.29, 1.82) is 0 Å². The number of phenolic OH excluding ortho intramolecular Hbond substituents is 1. The van der Waals surface area contributed by atoms with Gasteiger partial charge in [0.25, 0.3) is 0 Å². The van der Waals surface area contributed by atoms with Gasteiger partial charge in [-0.25, -0.2) is 18.4 Å². The maximum atomic E-state index is 12.3. The Bertz CT molecular complexity index is 1760. The zero-order valence-electron chi connectivity index (χ0n) is 27.2. The zero-order chi connectivity index (χ0) is 34.2. The molecular formula is C38H46N2O7S. The molecule has 0 amide bonds. The first-order valence-corrected chi connectivity index (χ1v) is 18.0. The third-order valence-electron chi connectivity index (χ3n) is 8.00. The number of unbranched alkanes of at least 4 members (excludes halogenated alkanes) is 4. The number of benzene rings is 4. The number of aliphatic hydroxyl groups excluding tert-OH is 1. The molecular weight excluding hydrogens is 628 g/mol. The van der Waals surface area contributed by atoms with Gasteiger partial charge in [-0.05, 0) is 96.1 Å². The summed E-state index contributed by atoms with van der Waals surface area (Å²) < 4.78 is 34.0. The first-order valence-electron chi connectivity index (χ1n) is 16.4. The van der Waals surface area contributed by atoms with Crippen LogP contribution in [0.1, 0.15) is 66.9 Å². The smallest absolute Gasteiger partial charge is 0.331 e. The predicted molar refractivity (Wildman–Crippen MR) is 189 cm³/mol. The Kier molecular flexibility index (Phi) is 14.6. The van der Waals surface area contributed by atoms with Crippen LogP contribution < -0.4 is 10.5 Å². The van der Waals surface area contributed by atoms with Crippen LogP contribution in [0.25, 0.3) is 16.8 Å². The van der Waals surface area contributed by atoms with E-state index in [2.05, 4.69) is 5.32 Å². The van der Waals surface area contributed by atoms with Gasteiger partial charge in [-0.2, -0.15) is 0 Å². The number of esters is 1. The number of aliphatic hydroxyl groups is 1. The number of aryl methyl sites for hydroxylation is 1. The fourth-order valence-corrected chi connectivity index (χ4v) is 5.88. The van der Waals surface area contributed by atoms with Gasteiger partial charge in [0.05, 0.1) is 11.0 Å². The standard InChI is InChI=1S/C38H46N2O7S/c39-48(44,45)35-14-8-10-29(25-35)11-9-23-46-22-7-3-1-2-6-21-40-27-37(42)33-18-19-36(41)34(26-33)28-47-38(43)20-16-30-15-17-31-12-4-5-13-32(31)24-30/h4-5,8,10,12-20,24-26,37,40-42H,1-3,6-7,9,11,21-23,27-28H2,(H2,39,44,45)/t37-/m0/s1. The second-order valence-electron chi connectivity index (χ2n) is 11.8. The van der Waals surface area contributed by atoms with Gasteiger partial charge >= 0.3 is 5.97 Å². The van der Waals surface area contributed by atoms with E-state index in [1.54, 1.807) is 30.3 Å². The number of nitrogens with two attached hydrogens (primary N) is 1. The molecule has 5 N–H and O–H groups in total. The van der Waals surface area contributed by atoms with Crippen molar-refractivity contribution in [2.24, 2.45) is 5.14 Å². The normalized spacial score (nSPS) is 12.5. The van der Waals surface area contributed by atoms with Crippen molar-refractivity contribution in [3.05, 3.63) is 113 Å². The number of nitrogens with one attached hydrogen (secondary N) is 1. The average Bonchev–Trinajstić information content (AvgIpc) is 3.08. The number of ether oxygens (including phenoxy) is 2. The molecule has 9 nitrogen and oxygen atoms in total. The number of hydrogen-bond donors (Lipinski definition) is 4. The second-order valence-corrected chi connectivity index (χ2v) is 13.4. The van der Waals surface area contributed by atoms with Crippen LogP contribution in [0.4, 0.5) is 0 Å². The van der Waals surface area contributed by atoms with E-state index in [1.807, 2.05) is 48.5 Å². The van der Waals surface area contributed by atoms with Gasteiger partial charge in [0.15, 0.2) is 0 Å². The van der Waals surface area contributed by atoms with Gasteiger partial charge in [-0.15, -0.1) is 0 Å². The highest BCUT2D eigenvalue weighted by Gasteiger charge is 2.12. The maximum absolute atomic E-state index is 12.3. The summed E-state index contributed by atoms with van der Waals surface area (Å²) >= 11 is 0. The molecule has 10 heteroatoms. The lowest BCUT2D eigenvalue weighted by Crippen LogP contribution is -2.22. The van der Waals surface area contributed by atoms with E-state index >= 15 is 0 Å². The highest BCUT2D eigenvalue weighted by molar-refractivity contribution is 7.89. The van der Waals surface area contributed by atoms with Crippen LogP contribution >= 0.6 is 0 Å². The van der Waals surface area contributed by atoms with Crippen LogP contribution in [0.2, 0.25) is 0 Å². The highest BCUT2D eigenvalue weighted by Crippen LogP contribution is 2.23. The largest absolute Gasteiger partial charge is 0.508 e. The number of carbonyl (C=O) groups excluding carboxylic acids is 1. The van der Waals surface area contributed by atoms with E-state index in [0.717, 1.165) is 73.4 Å². The van der Waals surface area contributed by atoms with Crippen molar-refractivity contribution in [2.45, 2.75) is 62.6 Å². The lowest BCUT2D eigenvalue weighted by atomic mass is 10.1. The molecule has 0 aliphatic rings. The summed E-state index contributed by atoms with van der Waals surface area (Å²) in [5.41, 5.74) is 2.88. The topological polar surface area (TPSA) is 148 Å². The van der Waals surface area contributed by atoms with Crippen molar-refractivity contribution in [1.82, 2.24) is 5.32 Å². The first-order chi connectivity index (χ1) is 23.2. The number of hydrogen-bond acceptors (Lipinski definition) is 8. The Hall–Kier alpha value is -4.06. The zero-order valence-corrected chi connectivity index (χ0v) is 28.0. The van der Waals surface area contributed by atoms with Crippen LogP contribution in [0, 0.1) is 0 Å². The molecule has 0 radical (unpaired) electrons. The molecule has 0 fully saturated rings. The van der Waals surface area contributed by atoms with E-state index in [1.165, 1.54) is 18.2 Å². The van der Waals surface area contributed by atoms with Crippen molar-refractivity contribution < 1.29 is 32.9 Å². The Labute approximate surface area is 283 Å². The fraction of sp³-hybridized carbons (Fsp3) is 0.342. The van der Waals surface area contributed by atoms with Crippen LogP contribution in [-0.4, -0.2) is 50.9 Å². The van der Waals surface area contributed by atoms with Crippen molar-refractivity contribution in [2.75, 3.05) is 26.3 Å². The molecule has 48 heavy (non-hydrogen) atoms. The Morgan fingerprint density at radius 3 is 2.46 bits per heavy atom. The van der Waals surface area contributed by atoms with Crippen LogP contribution in [0.3, 0.4) is 0 Å². The van der Waals surface area contributed by atoms with Gasteiger partial charge in [-0.1, -0.05) is 73.9 Å². The molecule has 256 valence electrons. The quantitative estimate of drug-likeness (QED) is 0.0494. The molecule has 0 unspecified atom stereocenters. The lowest BCUT2D eigenvalue weighted by Gasteiger charge is -2.14. The summed E-state index contributed by atoms with van der Waals surface area (Å²) in [6.45, 7) is 2.38. The molecule has 0 aromatic heterocycles. The van der Waals surface area contributed by atoms with E-state index in [-0.39, 0.29) is 17.3 Å². The van der Waals surface area contributed by atoms with Gasteiger partial charge < -0.3 is 25.0 Å². The minimum atomic E-state index is -3.68. The van der Waals surface area contributed by atoms with Gasteiger partial charge in [0.2, 0.25) is 10.0 Å². The molecule has 4 aromatic rings. The number of aromatic hydroxyl groups is 1. The molecule has 0 bridgehead atoms. The average molecular weight is 675 g/mol. The minimum absolute atomic E-state index is 0.00347. The van der Waals surface area contributed by atoms with Crippen molar-refractivity contribution in [3.63, 3.8) is 0 Å². The highest BCUT2D eigenvalue weighted by atomic mass is 32.2. The first kappa shape index (κ1) is 36.8. The van der Waals surface area contributed by atoms with Crippen LogP contribution in [-0.2, 0) is 37.3 Å². The molecule has 1 atom stereocenters. The van der Waals surface area contributed by atoms with E-state index in [9.17, 15) is 23.4 Å². The molecule has 0 aliphatic heterocycles. The lowest BCUT2D eigenvalue weighted by molar-refractivity contribution is -0.138. The number of rotatable bonds is 20. The summed E-state index contributed by atoms with van der Waals surface area (Å²) in [4.78, 5) is 12.5. The van der Waals surface area contributed by atoms with E-state index < -0.39 is 22.1 Å².